The van der Waals surface area contributed by atoms with E-state index in [2.05, 4.69) is 30.1 Å². The third-order valence-electron chi connectivity index (χ3n) is 6.17. The highest BCUT2D eigenvalue weighted by molar-refractivity contribution is 7.17. The van der Waals surface area contributed by atoms with E-state index >= 15 is 0 Å². The molecular weight excluding hydrogens is 440 g/mol. The van der Waals surface area contributed by atoms with Crippen LogP contribution in [0.25, 0.3) is 0 Å². The number of amides is 1. The SMILES string of the molecule is COc1ccc([C@H](c2c(NC(=O)c3cccs3)sc(C)c2C)N2CCCCC2)c(OC)c1. The van der Waals surface area contributed by atoms with Gasteiger partial charge in [-0.05, 0) is 68.9 Å². The number of piperidine rings is 1. The van der Waals surface area contributed by atoms with Crippen molar-refractivity contribution in [3.63, 3.8) is 0 Å². The van der Waals surface area contributed by atoms with E-state index in [1.165, 1.54) is 46.6 Å². The molecular formula is C25H30N2O3S2. The van der Waals surface area contributed by atoms with Crippen molar-refractivity contribution in [1.82, 2.24) is 4.90 Å². The predicted octanol–water partition coefficient (Wildman–Crippen LogP) is 6.27. The fourth-order valence-electron chi connectivity index (χ4n) is 4.39. The zero-order valence-electron chi connectivity index (χ0n) is 19.1. The minimum Gasteiger partial charge on any atom is -0.497 e. The van der Waals surface area contributed by atoms with Gasteiger partial charge >= 0.3 is 0 Å². The van der Waals surface area contributed by atoms with Crippen LogP contribution in [-0.4, -0.2) is 38.1 Å². The summed E-state index contributed by atoms with van der Waals surface area (Å²) in [5.74, 6) is 1.52. The topological polar surface area (TPSA) is 50.8 Å². The van der Waals surface area contributed by atoms with Crippen molar-refractivity contribution in [1.29, 1.82) is 0 Å². The van der Waals surface area contributed by atoms with Gasteiger partial charge in [-0.1, -0.05) is 12.5 Å². The van der Waals surface area contributed by atoms with Crippen LogP contribution in [0.2, 0.25) is 0 Å². The minimum atomic E-state index is -0.0541. The number of ether oxygens (including phenoxy) is 2. The van der Waals surface area contributed by atoms with E-state index in [0.29, 0.717) is 0 Å². The van der Waals surface area contributed by atoms with Crippen LogP contribution in [0.15, 0.2) is 35.7 Å². The molecule has 1 amide bonds. The number of carbonyl (C=O) groups excluding carboxylic acids is 1. The van der Waals surface area contributed by atoms with Gasteiger partial charge in [-0.3, -0.25) is 9.69 Å². The Labute approximate surface area is 198 Å². The van der Waals surface area contributed by atoms with Crippen LogP contribution in [-0.2, 0) is 0 Å². The number of hydrogen-bond donors (Lipinski definition) is 1. The highest BCUT2D eigenvalue weighted by Gasteiger charge is 2.32. The van der Waals surface area contributed by atoms with Crippen LogP contribution in [0.4, 0.5) is 5.00 Å². The Morgan fingerprint density at radius 3 is 2.53 bits per heavy atom. The molecule has 5 nitrogen and oxygen atoms in total. The number of nitrogens with zero attached hydrogens (tertiary/aromatic N) is 1. The van der Waals surface area contributed by atoms with Crippen molar-refractivity contribution in [2.24, 2.45) is 0 Å². The molecule has 170 valence electrons. The molecule has 0 unspecified atom stereocenters. The Morgan fingerprint density at radius 1 is 1.09 bits per heavy atom. The van der Waals surface area contributed by atoms with Crippen LogP contribution in [0.5, 0.6) is 11.5 Å². The molecule has 1 atom stereocenters. The first-order valence-corrected chi connectivity index (χ1v) is 12.6. The molecule has 3 heterocycles. The van der Waals surface area contributed by atoms with Crippen LogP contribution in [0.3, 0.4) is 0 Å². The second-order valence-corrected chi connectivity index (χ2v) is 10.2. The molecule has 1 saturated heterocycles. The lowest BCUT2D eigenvalue weighted by Gasteiger charge is -2.36. The lowest BCUT2D eigenvalue weighted by Crippen LogP contribution is -2.35. The van der Waals surface area contributed by atoms with E-state index in [4.69, 9.17) is 9.47 Å². The van der Waals surface area contributed by atoms with E-state index in [1.807, 2.05) is 29.6 Å². The van der Waals surface area contributed by atoms with Gasteiger partial charge in [0, 0.05) is 22.1 Å². The third kappa shape index (κ3) is 4.56. The Morgan fingerprint density at radius 2 is 1.88 bits per heavy atom. The second kappa shape index (κ2) is 10.1. The fraction of sp³-hybridized carbons (Fsp3) is 0.400. The molecule has 3 aromatic rings. The first-order chi connectivity index (χ1) is 15.5. The van der Waals surface area contributed by atoms with Gasteiger partial charge < -0.3 is 14.8 Å². The van der Waals surface area contributed by atoms with E-state index < -0.39 is 0 Å². The van der Waals surface area contributed by atoms with Gasteiger partial charge in [0.1, 0.15) is 16.5 Å². The molecule has 1 aliphatic heterocycles. The number of nitrogens with one attached hydrogen (secondary N) is 1. The number of anilines is 1. The van der Waals surface area contributed by atoms with Crippen LogP contribution in [0, 0.1) is 13.8 Å². The molecule has 0 aliphatic carbocycles. The lowest BCUT2D eigenvalue weighted by atomic mass is 9.92. The number of carbonyl (C=O) groups is 1. The molecule has 4 rings (SSSR count). The largest absolute Gasteiger partial charge is 0.497 e. The van der Waals surface area contributed by atoms with Crippen molar-refractivity contribution in [3.8, 4) is 11.5 Å². The number of aryl methyl sites for hydroxylation is 1. The van der Waals surface area contributed by atoms with Crippen molar-refractivity contribution in [2.75, 3.05) is 32.6 Å². The number of rotatable bonds is 7. The van der Waals surface area contributed by atoms with Gasteiger partial charge in [0.15, 0.2) is 0 Å². The smallest absolute Gasteiger partial charge is 0.266 e. The highest BCUT2D eigenvalue weighted by atomic mass is 32.1. The van der Waals surface area contributed by atoms with Gasteiger partial charge in [0.2, 0.25) is 0 Å². The van der Waals surface area contributed by atoms with Crippen molar-refractivity contribution < 1.29 is 14.3 Å². The number of likely N-dealkylation sites (tertiary alicyclic amines) is 1. The summed E-state index contributed by atoms with van der Waals surface area (Å²) >= 11 is 3.11. The number of methoxy groups -OCH3 is 2. The Kier molecular flexibility index (Phi) is 7.18. The average molecular weight is 471 g/mol. The van der Waals surface area contributed by atoms with Crippen molar-refractivity contribution >= 4 is 33.6 Å². The zero-order valence-corrected chi connectivity index (χ0v) is 20.7. The maximum absolute atomic E-state index is 12.9. The third-order valence-corrected chi connectivity index (χ3v) is 8.18. The van der Waals surface area contributed by atoms with Crippen molar-refractivity contribution in [2.45, 2.75) is 39.2 Å². The summed E-state index contributed by atoms with van der Waals surface area (Å²) in [5.41, 5.74) is 3.50. The van der Waals surface area contributed by atoms with Gasteiger partial charge in [-0.25, -0.2) is 0 Å². The summed E-state index contributed by atoms with van der Waals surface area (Å²) in [5, 5.41) is 6.07. The normalized spacial score (nSPS) is 15.4. The highest BCUT2D eigenvalue weighted by Crippen LogP contribution is 2.46. The second-order valence-electron chi connectivity index (χ2n) is 8.06. The van der Waals surface area contributed by atoms with Gasteiger partial charge in [-0.2, -0.15) is 0 Å². The molecule has 1 aliphatic rings. The summed E-state index contributed by atoms with van der Waals surface area (Å²) in [6, 6.07) is 9.82. The van der Waals surface area contributed by atoms with Crippen LogP contribution < -0.4 is 14.8 Å². The summed E-state index contributed by atoms with van der Waals surface area (Å²) in [6.07, 6.45) is 3.61. The number of hydrogen-bond acceptors (Lipinski definition) is 6. The molecule has 0 saturated carbocycles. The lowest BCUT2D eigenvalue weighted by molar-refractivity contribution is 0.103. The van der Waals surface area contributed by atoms with Gasteiger partial charge in [0.25, 0.3) is 5.91 Å². The first kappa shape index (κ1) is 22.8. The number of benzene rings is 1. The molecule has 1 fully saturated rings. The molecule has 0 bridgehead atoms. The number of thiophene rings is 2. The van der Waals surface area contributed by atoms with Gasteiger partial charge in [-0.15, -0.1) is 22.7 Å². The summed E-state index contributed by atoms with van der Waals surface area (Å²) in [4.78, 5) is 17.4. The van der Waals surface area contributed by atoms with Crippen LogP contribution in [0.1, 0.15) is 56.5 Å². The zero-order chi connectivity index (χ0) is 22.7. The predicted molar refractivity (Wildman–Crippen MR) is 133 cm³/mol. The molecule has 0 radical (unpaired) electrons. The van der Waals surface area contributed by atoms with E-state index in [0.717, 1.165) is 40.0 Å². The quantitative estimate of drug-likeness (QED) is 0.442. The van der Waals surface area contributed by atoms with Crippen LogP contribution >= 0.6 is 22.7 Å². The monoisotopic (exact) mass is 470 g/mol. The Hall–Kier alpha value is -2.35. The average Bonchev–Trinajstić information content (AvgIpc) is 3.45. The molecule has 1 N–H and O–H groups in total. The Bertz CT molecular complexity index is 1070. The first-order valence-electron chi connectivity index (χ1n) is 10.9. The summed E-state index contributed by atoms with van der Waals surface area (Å²) < 4.78 is 11.3. The molecule has 1 aromatic carbocycles. The van der Waals surface area contributed by atoms with E-state index in [-0.39, 0.29) is 11.9 Å². The molecule has 0 spiro atoms. The molecule has 7 heteroatoms. The van der Waals surface area contributed by atoms with Gasteiger partial charge in [0.05, 0.1) is 25.1 Å². The van der Waals surface area contributed by atoms with Crippen molar-refractivity contribution in [3.05, 3.63) is 62.2 Å². The van der Waals surface area contributed by atoms with E-state index in [1.54, 1.807) is 25.6 Å². The standard InChI is InChI=1S/C25H30N2O3S2/c1-16-17(2)32-25(26-24(28)21-9-8-14-31-21)22(16)23(27-12-6-5-7-13-27)19-11-10-18(29-3)15-20(19)30-4/h8-11,14-15,23H,5-7,12-13H2,1-4H3,(H,26,28)/t23-/m1/s1. The maximum Gasteiger partial charge on any atom is 0.266 e. The summed E-state index contributed by atoms with van der Waals surface area (Å²) in [7, 11) is 3.37. The fourth-order valence-corrected chi connectivity index (χ4v) is 6.10. The maximum atomic E-state index is 12.9. The van der Waals surface area contributed by atoms with E-state index in [9.17, 15) is 4.79 Å². The molecule has 2 aromatic heterocycles. The molecule has 32 heavy (non-hydrogen) atoms. The minimum absolute atomic E-state index is 0.000239. The Balaban J connectivity index is 1.82. The summed E-state index contributed by atoms with van der Waals surface area (Å²) in [6.45, 7) is 6.33.